The van der Waals surface area contributed by atoms with Crippen LogP contribution < -0.4 is 0 Å². The zero-order valence-corrected chi connectivity index (χ0v) is 18.4. The number of alkyl halides is 3. The first-order valence-corrected chi connectivity index (χ1v) is 11.5. The van der Waals surface area contributed by atoms with Gasteiger partial charge in [0.1, 0.15) is 11.5 Å². The summed E-state index contributed by atoms with van der Waals surface area (Å²) < 4.78 is 55.6. The van der Waals surface area contributed by atoms with Gasteiger partial charge in [-0.3, -0.25) is 4.79 Å². The molecule has 3 saturated carbocycles. The number of hydrogen-bond donors (Lipinski definition) is 2. The molecule has 182 valence electrons. The van der Waals surface area contributed by atoms with E-state index in [4.69, 9.17) is 0 Å². The molecule has 0 unspecified atom stereocenters. The van der Waals surface area contributed by atoms with Gasteiger partial charge in [0, 0.05) is 23.3 Å². The van der Waals surface area contributed by atoms with Gasteiger partial charge >= 0.3 is 12.1 Å². The maximum absolute atomic E-state index is 13.9. The second-order valence-electron chi connectivity index (χ2n) is 9.60. The van der Waals surface area contributed by atoms with Crippen LogP contribution in [-0.2, 0) is 17.4 Å². The van der Waals surface area contributed by atoms with Gasteiger partial charge in [0.15, 0.2) is 5.82 Å². The Hall–Kier alpha value is -3.50. The first-order chi connectivity index (χ1) is 16.7. The number of pyridine rings is 1. The van der Waals surface area contributed by atoms with Crippen LogP contribution in [0.15, 0.2) is 30.7 Å². The minimum atomic E-state index is -4.58. The quantitative estimate of drug-likeness (QED) is 0.390. The largest absolute Gasteiger partial charge is 0.481 e. The fourth-order valence-electron chi connectivity index (χ4n) is 6.12. The number of aromatic amines is 1. The molecule has 2 N–H and O–H groups in total. The van der Waals surface area contributed by atoms with E-state index in [0.29, 0.717) is 22.3 Å². The van der Waals surface area contributed by atoms with Gasteiger partial charge in [0.05, 0.1) is 28.9 Å². The highest BCUT2D eigenvalue weighted by Crippen LogP contribution is 2.50. The van der Waals surface area contributed by atoms with Gasteiger partial charge in [-0.15, -0.1) is 5.10 Å². The summed E-state index contributed by atoms with van der Waals surface area (Å²) in [6.45, 7) is 0. The Morgan fingerprint density at radius 1 is 1.17 bits per heavy atom. The Balaban J connectivity index is 1.51. The van der Waals surface area contributed by atoms with Crippen LogP contribution in [-0.4, -0.2) is 35.6 Å². The van der Waals surface area contributed by atoms with Crippen molar-refractivity contribution in [2.45, 2.75) is 38.3 Å². The zero-order chi connectivity index (χ0) is 24.5. The lowest BCUT2D eigenvalue weighted by molar-refractivity contribution is -0.152. The second kappa shape index (κ2) is 7.76. The molecule has 3 fully saturated rings. The summed E-state index contributed by atoms with van der Waals surface area (Å²) >= 11 is 0. The van der Waals surface area contributed by atoms with Gasteiger partial charge in [-0.2, -0.15) is 13.2 Å². The smallest absolute Gasteiger partial charge is 0.417 e. The highest BCUT2D eigenvalue weighted by atomic mass is 19.4. The number of aliphatic carboxylic acids is 1. The normalized spacial score (nSPS) is 24.5. The lowest BCUT2D eigenvalue weighted by Gasteiger charge is -2.46. The molecule has 0 radical (unpaired) electrons. The molecule has 0 aromatic carbocycles. The highest BCUT2D eigenvalue weighted by Gasteiger charge is 2.47. The van der Waals surface area contributed by atoms with Crippen molar-refractivity contribution in [1.82, 2.24) is 24.6 Å². The number of nitrogens with zero attached hydrogens (tertiary/aromatic N) is 4. The molecule has 4 aromatic heterocycles. The Bertz CT molecular complexity index is 1450. The predicted octanol–water partition coefficient (Wildman–Crippen LogP) is 5.11. The molecule has 4 heterocycles. The topological polar surface area (TPSA) is 96.2 Å². The molecule has 3 aliphatic carbocycles. The molecule has 0 saturated heterocycles. The minimum Gasteiger partial charge on any atom is -0.481 e. The molecule has 3 aliphatic rings. The Labute approximate surface area is 196 Å². The van der Waals surface area contributed by atoms with Crippen LogP contribution in [0.4, 0.5) is 17.6 Å². The van der Waals surface area contributed by atoms with Crippen LogP contribution >= 0.6 is 0 Å². The standard InChI is InChI=1S/C24H21F4N5O2/c25-14-6-16-17(9-30-21(16)29-8-14)22-31-18(19-5-13(24(26,27)28)10-33(19)32-22)7-15-11-1-3-12(4-2-11)20(15)23(34)35/h5-6,8-12,15,20H,1-4,7H2,(H,29,30)(H,34,35)/t11?,12?,15-,20-/m0/s1. The monoisotopic (exact) mass is 487 g/mol. The molecule has 2 bridgehead atoms. The van der Waals surface area contributed by atoms with Crippen LogP contribution in [0.2, 0.25) is 0 Å². The van der Waals surface area contributed by atoms with Gasteiger partial charge in [-0.25, -0.2) is 18.9 Å². The first-order valence-electron chi connectivity index (χ1n) is 11.5. The summed E-state index contributed by atoms with van der Waals surface area (Å²) in [5.41, 5.74) is 0.476. The van der Waals surface area contributed by atoms with Gasteiger partial charge in [0.25, 0.3) is 0 Å². The molecule has 0 amide bonds. The molecule has 2 atom stereocenters. The molecular weight excluding hydrogens is 466 g/mol. The maximum atomic E-state index is 13.9. The number of carboxylic acid groups (broad SMARTS) is 1. The molecule has 11 heteroatoms. The Morgan fingerprint density at radius 2 is 1.91 bits per heavy atom. The third-order valence-corrected chi connectivity index (χ3v) is 7.71. The number of carbonyl (C=O) groups is 1. The van der Waals surface area contributed by atoms with Crippen molar-refractivity contribution in [3.05, 3.63) is 47.8 Å². The van der Waals surface area contributed by atoms with E-state index in [2.05, 4.69) is 20.1 Å². The van der Waals surface area contributed by atoms with Crippen LogP contribution in [0.25, 0.3) is 27.9 Å². The fourth-order valence-corrected chi connectivity index (χ4v) is 6.12. The van der Waals surface area contributed by atoms with E-state index in [1.807, 2.05) is 0 Å². The number of aromatic nitrogens is 5. The Morgan fingerprint density at radius 3 is 2.63 bits per heavy atom. The summed E-state index contributed by atoms with van der Waals surface area (Å²) in [6, 6.07) is 2.27. The zero-order valence-electron chi connectivity index (χ0n) is 18.4. The van der Waals surface area contributed by atoms with E-state index in [-0.39, 0.29) is 35.5 Å². The molecule has 7 nitrogen and oxygen atoms in total. The number of rotatable bonds is 4. The van der Waals surface area contributed by atoms with E-state index in [1.165, 1.54) is 6.07 Å². The summed E-state index contributed by atoms with van der Waals surface area (Å²) in [6.07, 6.45) is 2.70. The van der Waals surface area contributed by atoms with Gasteiger partial charge < -0.3 is 10.1 Å². The Kier molecular flexibility index (Phi) is 4.87. The van der Waals surface area contributed by atoms with Crippen LogP contribution in [0.1, 0.15) is 36.9 Å². The third-order valence-electron chi connectivity index (χ3n) is 7.71. The number of H-pyrrole nitrogens is 1. The summed E-state index contributed by atoms with van der Waals surface area (Å²) in [5.74, 6) is -1.84. The molecule has 4 aromatic rings. The number of fused-ring (bicyclic) bond motifs is 5. The molecule has 0 spiro atoms. The first kappa shape index (κ1) is 22.0. The van der Waals surface area contributed by atoms with Crippen molar-refractivity contribution < 1.29 is 27.5 Å². The average Bonchev–Trinajstić information content (AvgIpc) is 3.43. The van der Waals surface area contributed by atoms with E-state index in [9.17, 15) is 27.5 Å². The summed E-state index contributed by atoms with van der Waals surface area (Å²) in [7, 11) is 0. The maximum Gasteiger partial charge on any atom is 0.417 e. The summed E-state index contributed by atoms with van der Waals surface area (Å²) in [4.78, 5) is 23.7. The van der Waals surface area contributed by atoms with Gasteiger partial charge in [-0.1, -0.05) is 0 Å². The van der Waals surface area contributed by atoms with Crippen LogP contribution in [0.5, 0.6) is 0 Å². The number of nitrogens with one attached hydrogen (secondary N) is 1. The van der Waals surface area contributed by atoms with Crippen molar-refractivity contribution in [2.75, 3.05) is 0 Å². The van der Waals surface area contributed by atoms with Crippen molar-refractivity contribution in [3.8, 4) is 11.4 Å². The lowest BCUT2D eigenvalue weighted by Crippen LogP contribution is -2.45. The highest BCUT2D eigenvalue weighted by molar-refractivity contribution is 5.91. The van der Waals surface area contributed by atoms with E-state index in [0.717, 1.165) is 48.7 Å². The van der Waals surface area contributed by atoms with Crippen LogP contribution in [0, 0.1) is 29.5 Å². The van der Waals surface area contributed by atoms with Crippen molar-refractivity contribution in [3.63, 3.8) is 0 Å². The number of carboxylic acids is 1. The average molecular weight is 487 g/mol. The predicted molar refractivity (Wildman–Crippen MR) is 117 cm³/mol. The van der Waals surface area contributed by atoms with Crippen molar-refractivity contribution >= 4 is 22.5 Å². The minimum absolute atomic E-state index is 0.0695. The fraction of sp³-hybridized carbons (Fsp3) is 0.417. The van der Waals surface area contributed by atoms with E-state index >= 15 is 0 Å². The number of hydrogen-bond acceptors (Lipinski definition) is 4. The van der Waals surface area contributed by atoms with E-state index < -0.39 is 29.4 Å². The van der Waals surface area contributed by atoms with Crippen molar-refractivity contribution in [2.24, 2.45) is 23.7 Å². The van der Waals surface area contributed by atoms with Crippen LogP contribution in [0.3, 0.4) is 0 Å². The van der Waals surface area contributed by atoms with Gasteiger partial charge in [0.2, 0.25) is 0 Å². The van der Waals surface area contributed by atoms with Crippen molar-refractivity contribution in [1.29, 1.82) is 0 Å². The SMILES string of the molecule is O=C(O)[C@H]1C2CCC(CC2)[C@@H]1Cc1nc(-c2c[nH]c3ncc(F)cc23)nn2cc(C(F)(F)F)cc12. The second-order valence-corrected chi connectivity index (χ2v) is 9.60. The molecule has 35 heavy (non-hydrogen) atoms. The molecular formula is C24H21F4N5O2. The summed E-state index contributed by atoms with van der Waals surface area (Å²) in [5, 5.41) is 14.7. The lowest BCUT2D eigenvalue weighted by atomic mass is 9.57. The molecule has 0 aliphatic heterocycles. The molecule has 7 rings (SSSR count). The van der Waals surface area contributed by atoms with Gasteiger partial charge in [-0.05, 0) is 62.0 Å². The third kappa shape index (κ3) is 3.64. The number of halogens is 4. The van der Waals surface area contributed by atoms with E-state index in [1.54, 1.807) is 6.20 Å².